The summed E-state index contributed by atoms with van der Waals surface area (Å²) in [6, 6.07) is 8.27. The van der Waals surface area contributed by atoms with Crippen LogP contribution in [0.3, 0.4) is 0 Å². The first-order valence-electron chi connectivity index (χ1n) is 4.27. The fourth-order valence-electron chi connectivity index (χ4n) is 1.05. The van der Waals surface area contributed by atoms with Crippen LogP contribution in [0.25, 0.3) is 0 Å². The number of sulfonamides is 1. The van der Waals surface area contributed by atoms with Crippen LogP contribution in [0.5, 0.6) is 0 Å². The Morgan fingerprint density at radius 2 is 2.06 bits per heavy atom. The molecule has 84 valence electrons. The summed E-state index contributed by atoms with van der Waals surface area (Å²) < 4.78 is 27.1. The van der Waals surface area contributed by atoms with Crippen LogP contribution in [0.15, 0.2) is 44.5 Å². The van der Waals surface area contributed by atoms with E-state index >= 15 is 0 Å². The van der Waals surface area contributed by atoms with Gasteiger partial charge in [-0.1, -0.05) is 6.07 Å². The van der Waals surface area contributed by atoms with E-state index in [1.807, 2.05) is 0 Å². The summed E-state index contributed by atoms with van der Waals surface area (Å²) in [5.41, 5.74) is 0. The van der Waals surface area contributed by atoms with Crippen LogP contribution in [-0.4, -0.2) is 13.4 Å². The Balaban J connectivity index is 2.28. The Labute approximate surface area is 106 Å². The molecule has 0 atom stereocenters. The van der Waals surface area contributed by atoms with E-state index in [-0.39, 0.29) is 4.21 Å². The lowest BCUT2D eigenvalue weighted by Gasteiger charge is -2.03. The van der Waals surface area contributed by atoms with Gasteiger partial charge >= 0.3 is 0 Å². The molecule has 2 aromatic rings. The lowest BCUT2D eigenvalue weighted by molar-refractivity contribution is 0.603. The quantitative estimate of drug-likeness (QED) is 0.946. The second-order valence-electron chi connectivity index (χ2n) is 2.88. The van der Waals surface area contributed by atoms with E-state index in [0.717, 1.165) is 15.1 Å². The SMILES string of the molecule is O=S(=O)(Nc1ccccn1)c1ccc(Br)s1. The molecule has 0 bridgehead atoms. The summed E-state index contributed by atoms with van der Waals surface area (Å²) in [6.07, 6.45) is 1.53. The van der Waals surface area contributed by atoms with Gasteiger partial charge in [0.25, 0.3) is 10.0 Å². The number of pyridine rings is 1. The molecule has 2 rings (SSSR count). The zero-order chi connectivity index (χ0) is 11.6. The monoisotopic (exact) mass is 318 g/mol. The maximum atomic E-state index is 11.9. The maximum absolute atomic E-state index is 11.9. The van der Waals surface area contributed by atoms with Gasteiger partial charge in [-0.2, -0.15) is 0 Å². The molecule has 0 aliphatic heterocycles. The molecule has 0 fully saturated rings. The van der Waals surface area contributed by atoms with E-state index in [1.54, 1.807) is 30.3 Å². The van der Waals surface area contributed by atoms with Crippen molar-refractivity contribution in [2.75, 3.05) is 4.72 Å². The first-order chi connectivity index (χ1) is 7.58. The van der Waals surface area contributed by atoms with Gasteiger partial charge in [0.15, 0.2) is 0 Å². The van der Waals surface area contributed by atoms with Crippen LogP contribution in [0.1, 0.15) is 0 Å². The van der Waals surface area contributed by atoms with Crippen LogP contribution in [0.4, 0.5) is 5.82 Å². The molecule has 0 spiro atoms. The molecule has 0 amide bonds. The van der Waals surface area contributed by atoms with Crippen molar-refractivity contribution in [1.82, 2.24) is 4.98 Å². The van der Waals surface area contributed by atoms with Crippen molar-refractivity contribution in [3.8, 4) is 0 Å². The van der Waals surface area contributed by atoms with Gasteiger partial charge in [0.2, 0.25) is 0 Å². The van der Waals surface area contributed by atoms with Gasteiger partial charge in [0, 0.05) is 6.20 Å². The van der Waals surface area contributed by atoms with Crippen molar-refractivity contribution in [1.29, 1.82) is 0 Å². The van der Waals surface area contributed by atoms with Gasteiger partial charge < -0.3 is 0 Å². The topological polar surface area (TPSA) is 59.1 Å². The Kier molecular flexibility index (Phi) is 3.27. The van der Waals surface area contributed by atoms with Crippen molar-refractivity contribution in [3.05, 3.63) is 40.3 Å². The lowest BCUT2D eigenvalue weighted by Crippen LogP contribution is -2.12. The molecular formula is C9H7BrN2O2S2. The van der Waals surface area contributed by atoms with E-state index in [9.17, 15) is 8.42 Å². The molecule has 2 heterocycles. The summed E-state index contributed by atoms with van der Waals surface area (Å²) in [5, 5.41) is 0. The van der Waals surface area contributed by atoms with E-state index < -0.39 is 10.0 Å². The predicted octanol–water partition coefficient (Wildman–Crippen LogP) is 2.71. The smallest absolute Gasteiger partial charge is 0.263 e. The molecule has 4 nitrogen and oxygen atoms in total. The molecule has 7 heteroatoms. The zero-order valence-corrected chi connectivity index (χ0v) is 11.1. The molecule has 2 aromatic heterocycles. The number of hydrogen-bond donors (Lipinski definition) is 1. The Bertz CT molecular complexity index is 581. The number of rotatable bonds is 3. The molecule has 0 radical (unpaired) electrons. The van der Waals surface area contributed by atoms with E-state index in [0.29, 0.717) is 5.82 Å². The molecule has 0 saturated carbocycles. The first kappa shape index (κ1) is 11.6. The average molecular weight is 319 g/mol. The molecule has 0 unspecified atom stereocenters. The number of hydrogen-bond acceptors (Lipinski definition) is 4. The third kappa shape index (κ3) is 2.60. The van der Waals surface area contributed by atoms with Crippen molar-refractivity contribution >= 4 is 43.1 Å². The highest BCUT2D eigenvalue weighted by molar-refractivity contribution is 9.11. The van der Waals surface area contributed by atoms with Crippen LogP contribution in [-0.2, 0) is 10.0 Å². The minimum absolute atomic E-state index is 0.255. The third-order valence-corrected chi connectivity index (χ3v) is 5.19. The molecule has 0 aliphatic rings. The van der Waals surface area contributed by atoms with Crippen molar-refractivity contribution in [3.63, 3.8) is 0 Å². The fraction of sp³-hybridized carbons (Fsp3) is 0. The largest absolute Gasteiger partial charge is 0.272 e. The lowest BCUT2D eigenvalue weighted by atomic mass is 10.5. The number of halogens is 1. The third-order valence-electron chi connectivity index (χ3n) is 1.72. The molecule has 1 N–H and O–H groups in total. The normalized spacial score (nSPS) is 11.3. The highest BCUT2D eigenvalue weighted by atomic mass is 79.9. The van der Waals surface area contributed by atoms with Gasteiger partial charge in [-0.15, -0.1) is 11.3 Å². The summed E-state index contributed by atoms with van der Waals surface area (Å²) >= 11 is 4.37. The second-order valence-corrected chi connectivity index (χ2v) is 7.25. The number of anilines is 1. The van der Waals surface area contributed by atoms with Gasteiger partial charge in [-0.3, -0.25) is 4.72 Å². The van der Waals surface area contributed by atoms with Gasteiger partial charge in [0.05, 0.1) is 3.79 Å². The maximum Gasteiger partial charge on any atom is 0.272 e. The molecule has 0 saturated heterocycles. The Hall–Kier alpha value is -0.920. The second kappa shape index (κ2) is 4.52. The minimum atomic E-state index is -3.52. The predicted molar refractivity (Wildman–Crippen MR) is 67.1 cm³/mol. The highest BCUT2D eigenvalue weighted by Gasteiger charge is 2.16. The number of aromatic nitrogens is 1. The summed E-state index contributed by atoms with van der Waals surface area (Å²) in [5.74, 6) is 0.312. The van der Waals surface area contributed by atoms with Gasteiger partial charge in [0.1, 0.15) is 10.0 Å². The number of thiophene rings is 1. The van der Waals surface area contributed by atoms with Gasteiger partial charge in [-0.25, -0.2) is 13.4 Å². The fourth-order valence-corrected chi connectivity index (χ4v) is 4.07. The zero-order valence-electron chi connectivity index (χ0n) is 7.92. The Morgan fingerprint density at radius 1 is 1.25 bits per heavy atom. The summed E-state index contributed by atoms with van der Waals surface area (Å²) in [6.45, 7) is 0. The molecule has 0 aliphatic carbocycles. The molecule has 16 heavy (non-hydrogen) atoms. The van der Waals surface area contributed by atoms with Crippen LogP contribution >= 0.6 is 27.3 Å². The van der Waals surface area contributed by atoms with E-state index in [2.05, 4.69) is 25.6 Å². The van der Waals surface area contributed by atoms with Crippen LogP contribution in [0, 0.1) is 0 Å². The number of nitrogens with one attached hydrogen (secondary N) is 1. The highest BCUT2D eigenvalue weighted by Crippen LogP contribution is 2.27. The van der Waals surface area contributed by atoms with Crippen molar-refractivity contribution in [2.45, 2.75) is 4.21 Å². The average Bonchev–Trinajstić information content (AvgIpc) is 2.66. The molecule has 0 aromatic carbocycles. The summed E-state index contributed by atoms with van der Waals surface area (Å²) in [7, 11) is -3.52. The van der Waals surface area contributed by atoms with Crippen LogP contribution < -0.4 is 4.72 Å². The molecular weight excluding hydrogens is 312 g/mol. The van der Waals surface area contributed by atoms with Crippen molar-refractivity contribution in [2.24, 2.45) is 0 Å². The summed E-state index contributed by atoms with van der Waals surface area (Å²) in [4.78, 5) is 3.90. The first-order valence-corrected chi connectivity index (χ1v) is 7.36. The van der Waals surface area contributed by atoms with E-state index in [4.69, 9.17) is 0 Å². The van der Waals surface area contributed by atoms with Crippen LogP contribution in [0.2, 0.25) is 0 Å². The Morgan fingerprint density at radius 3 is 2.62 bits per heavy atom. The van der Waals surface area contributed by atoms with Gasteiger partial charge in [-0.05, 0) is 40.2 Å². The minimum Gasteiger partial charge on any atom is -0.263 e. The standard InChI is InChI=1S/C9H7BrN2O2S2/c10-7-4-5-9(15-7)16(13,14)12-8-3-1-2-6-11-8/h1-6H,(H,11,12). The van der Waals surface area contributed by atoms with E-state index in [1.165, 1.54) is 6.20 Å². The van der Waals surface area contributed by atoms with Crippen molar-refractivity contribution < 1.29 is 8.42 Å². The number of nitrogens with zero attached hydrogens (tertiary/aromatic N) is 1.